The van der Waals surface area contributed by atoms with Crippen molar-refractivity contribution in [1.82, 2.24) is 4.90 Å². The third kappa shape index (κ3) is 2.97. The number of carbonyl (C=O) groups excluding carboxylic acids is 1. The largest absolute Gasteiger partial charge is 0.457 e. The van der Waals surface area contributed by atoms with Gasteiger partial charge in [0, 0.05) is 23.2 Å². The zero-order valence-corrected chi connectivity index (χ0v) is 14.1. The number of thiocarbonyl (C=S) groups is 1. The first-order valence-electron chi connectivity index (χ1n) is 6.69. The molecule has 22 heavy (non-hydrogen) atoms. The number of hydrogen-bond acceptors (Lipinski definition) is 4. The van der Waals surface area contributed by atoms with Gasteiger partial charge in [-0.1, -0.05) is 47.7 Å². The van der Waals surface area contributed by atoms with Crippen LogP contribution in [0.5, 0.6) is 0 Å². The second-order valence-corrected chi connectivity index (χ2v) is 6.75. The number of nitrogens with zero attached hydrogens (tertiary/aromatic N) is 1. The molecule has 0 radical (unpaired) electrons. The Hall–Kier alpha value is -1.56. The Balaban J connectivity index is 1.88. The van der Waals surface area contributed by atoms with E-state index in [1.807, 2.05) is 43.3 Å². The summed E-state index contributed by atoms with van der Waals surface area (Å²) in [6.07, 6.45) is 1.73. The average Bonchev–Trinajstić information content (AvgIpc) is 3.05. The number of hydrogen-bond donors (Lipinski definition) is 0. The molecule has 0 N–H and O–H groups in total. The Kier molecular flexibility index (Phi) is 4.38. The van der Waals surface area contributed by atoms with Crippen LogP contribution in [0.25, 0.3) is 17.4 Å². The van der Waals surface area contributed by atoms with Crippen LogP contribution in [-0.4, -0.2) is 21.7 Å². The van der Waals surface area contributed by atoms with Crippen LogP contribution in [0.3, 0.4) is 0 Å². The summed E-state index contributed by atoms with van der Waals surface area (Å²) in [4.78, 5) is 14.3. The lowest BCUT2D eigenvalue weighted by Gasteiger charge is -2.09. The van der Waals surface area contributed by atoms with Gasteiger partial charge in [-0.05, 0) is 31.2 Å². The Morgan fingerprint density at radius 1 is 1.36 bits per heavy atom. The van der Waals surface area contributed by atoms with Crippen molar-refractivity contribution in [3.8, 4) is 11.3 Å². The molecule has 2 aromatic rings. The lowest BCUT2D eigenvalue weighted by molar-refractivity contribution is -0.121. The van der Waals surface area contributed by atoms with Gasteiger partial charge in [0.25, 0.3) is 5.91 Å². The molecular formula is C16H12ClNO2S2. The summed E-state index contributed by atoms with van der Waals surface area (Å²) in [6.45, 7) is 2.48. The number of amides is 1. The maximum Gasteiger partial charge on any atom is 0.266 e. The highest BCUT2D eigenvalue weighted by atomic mass is 35.5. The van der Waals surface area contributed by atoms with Gasteiger partial charge in [0.2, 0.25) is 0 Å². The third-order valence-electron chi connectivity index (χ3n) is 3.20. The first kappa shape index (κ1) is 15.3. The SMILES string of the molecule is CCN1C(=O)/C(=C/c2ccc(-c3cccc(Cl)c3)o2)SC1=S. The van der Waals surface area contributed by atoms with Crippen LogP contribution in [0.4, 0.5) is 0 Å². The summed E-state index contributed by atoms with van der Waals surface area (Å²) in [6, 6.07) is 11.1. The third-order valence-corrected chi connectivity index (χ3v) is 4.81. The van der Waals surface area contributed by atoms with Crippen LogP contribution >= 0.6 is 35.6 Å². The molecule has 1 amide bonds. The summed E-state index contributed by atoms with van der Waals surface area (Å²) >= 11 is 12.5. The van der Waals surface area contributed by atoms with Crippen molar-refractivity contribution < 1.29 is 9.21 Å². The van der Waals surface area contributed by atoms with Crippen molar-refractivity contribution in [2.24, 2.45) is 0 Å². The van der Waals surface area contributed by atoms with E-state index in [2.05, 4.69) is 0 Å². The maximum atomic E-state index is 12.2. The fourth-order valence-corrected chi connectivity index (χ4v) is 3.68. The van der Waals surface area contributed by atoms with Gasteiger partial charge in [0.15, 0.2) is 0 Å². The topological polar surface area (TPSA) is 33.5 Å². The molecule has 112 valence electrons. The molecule has 6 heteroatoms. The molecule has 3 nitrogen and oxygen atoms in total. The number of benzene rings is 1. The molecule has 1 saturated heterocycles. The molecule has 0 spiro atoms. The van der Waals surface area contributed by atoms with Crippen LogP contribution in [-0.2, 0) is 4.79 Å². The van der Waals surface area contributed by atoms with Crippen LogP contribution in [0.15, 0.2) is 45.7 Å². The zero-order valence-electron chi connectivity index (χ0n) is 11.7. The van der Waals surface area contributed by atoms with Gasteiger partial charge < -0.3 is 4.42 Å². The predicted molar refractivity (Wildman–Crippen MR) is 94.7 cm³/mol. The number of furan rings is 1. The van der Waals surface area contributed by atoms with Crippen molar-refractivity contribution in [2.75, 3.05) is 6.54 Å². The molecule has 1 fully saturated rings. The van der Waals surface area contributed by atoms with Crippen LogP contribution < -0.4 is 0 Å². The van der Waals surface area contributed by atoms with E-state index in [0.29, 0.717) is 32.3 Å². The van der Waals surface area contributed by atoms with Crippen molar-refractivity contribution in [3.63, 3.8) is 0 Å². The monoisotopic (exact) mass is 349 g/mol. The fourth-order valence-electron chi connectivity index (χ4n) is 2.13. The molecule has 2 heterocycles. The number of carbonyl (C=O) groups is 1. The number of halogens is 1. The van der Waals surface area contributed by atoms with E-state index >= 15 is 0 Å². The molecule has 0 bridgehead atoms. The summed E-state index contributed by atoms with van der Waals surface area (Å²) in [7, 11) is 0. The highest BCUT2D eigenvalue weighted by molar-refractivity contribution is 8.26. The van der Waals surface area contributed by atoms with E-state index < -0.39 is 0 Å². The molecule has 0 aliphatic carbocycles. The number of rotatable bonds is 3. The molecule has 0 atom stereocenters. The van der Waals surface area contributed by atoms with Gasteiger partial charge in [-0.25, -0.2) is 0 Å². The Morgan fingerprint density at radius 2 is 2.18 bits per heavy atom. The van der Waals surface area contributed by atoms with Gasteiger partial charge in [0.1, 0.15) is 15.8 Å². The normalized spacial score (nSPS) is 16.8. The lowest BCUT2D eigenvalue weighted by Crippen LogP contribution is -2.27. The van der Waals surface area contributed by atoms with Crippen LogP contribution in [0, 0.1) is 0 Å². The lowest BCUT2D eigenvalue weighted by atomic mass is 10.2. The van der Waals surface area contributed by atoms with Gasteiger partial charge in [-0.15, -0.1) is 0 Å². The maximum absolute atomic E-state index is 12.2. The minimum atomic E-state index is -0.0711. The molecule has 3 rings (SSSR count). The zero-order chi connectivity index (χ0) is 15.7. The van der Waals surface area contributed by atoms with Crippen molar-refractivity contribution >= 4 is 51.9 Å². The summed E-state index contributed by atoms with van der Waals surface area (Å²) in [5, 5.41) is 0.652. The van der Waals surface area contributed by atoms with Crippen LogP contribution in [0.1, 0.15) is 12.7 Å². The van der Waals surface area contributed by atoms with Gasteiger partial charge in [-0.2, -0.15) is 0 Å². The minimum absolute atomic E-state index is 0.0711. The van der Waals surface area contributed by atoms with E-state index in [0.717, 1.165) is 5.56 Å². The van der Waals surface area contributed by atoms with Gasteiger partial charge >= 0.3 is 0 Å². The Labute approximate surface area is 142 Å². The summed E-state index contributed by atoms with van der Waals surface area (Å²) in [5.74, 6) is 1.25. The van der Waals surface area contributed by atoms with E-state index in [1.54, 1.807) is 11.0 Å². The Morgan fingerprint density at radius 3 is 2.86 bits per heavy atom. The first-order valence-corrected chi connectivity index (χ1v) is 8.30. The predicted octanol–water partition coefficient (Wildman–Crippen LogP) is 4.82. The van der Waals surface area contributed by atoms with E-state index in [4.69, 9.17) is 28.2 Å². The van der Waals surface area contributed by atoms with Crippen LogP contribution in [0.2, 0.25) is 5.02 Å². The van der Waals surface area contributed by atoms with Gasteiger partial charge in [-0.3, -0.25) is 9.69 Å². The quantitative estimate of drug-likeness (QED) is 0.587. The smallest absolute Gasteiger partial charge is 0.266 e. The molecule has 1 aromatic heterocycles. The molecule has 1 aliphatic heterocycles. The molecular weight excluding hydrogens is 338 g/mol. The Bertz CT molecular complexity index is 782. The molecule has 1 aromatic carbocycles. The molecule has 1 aliphatic rings. The summed E-state index contributed by atoms with van der Waals surface area (Å²) < 4.78 is 6.36. The fraction of sp³-hybridized carbons (Fsp3) is 0.125. The van der Waals surface area contributed by atoms with Crippen molar-refractivity contribution in [3.05, 3.63) is 52.1 Å². The van der Waals surface area contributed by atoms with E-state index in [-0.39, 0.29) is 5.91 Å². The van der Waals surface area contributed by atoms with E-state index in [1.165, 1.54) is 11.8 Å². The minimum Gasteiger partial charge on any atom is -0.457 e. The first-order chi connectivity index (χ1) is 10.6. The average molecular weight is 350 g/mol. The summed E-state index contributed by atoms with van der Waals surface area (Å²) in [5.41, 5.74) is 0.897. The molecule has 0 unspecified atom stereocenters. The molecule has 0 saturated carbocycles. The van der Waals surface area contributed by atoms with Crippen molar-refractivity contribution in [1.29, 1.82) is 0 Å². The van der Waals surface area contributed by atoms with Crippen molar-refractivity contribution in [2.45, 2.75) is 6.92 Å². The van der Waals surface area contributed by atoms with Gasteiger partial charge in [0.05, 0.1) is 4.91 Å². The highest BCUT2D eigenvalue weighted by Crippen LogP contribution is 2.33. The van der Waals surface area contributed by atoms with E-state index in [9.17, 15) is 4.79 Å². The highest BCUT2D eigenvalue weighted by Gasteiger charge is 2.30. The standard InChI is InChI=1S/C16H12ClNO2S2/c1-2-18-15(19)14(22-16(18)21)9-12-6-7-13(20-12)10-4-3-5-11(17)8-10/h3-9H,2H2,1H3/b14-9-. The number of thioether (sulfide) groups is 1. The second kappa shape index (κ2) is 6.28. The second-order valence-electron chi connectivity index (χ2n) is 4.64. The number of likely N-dealkylation sites (N-methyl/N-ethyl adjacent to an activating group) is 1.